The van der Waals surface area contributed by atoms with E-state index in [9.17, 15) is 23.1 Å². The van der Waals surface area contributed by atoms with Gasteiger partial charge in [-0.25, -0.2) is 13.2 Å². The highest BCUT2D eigenvalue weighted by Crippen LogP contribution is 2.30. The molecular weight excluding hydrogens is 647 g/mol. The zero-order valence-corrected chi connectivity index (χ0v) is 29.3. The summed E-state index contributed by atoms with van der Waals surface area (Å²) in [6, 6.07) is 6.86. The normalized spacial score (nSPS) is 20.4. The minimum atomic E-state index is -3.86. The van der Waals surface area contributed by atoms with E-state index in [4.69, 9.17) is 14.0 Å². The van der Waals surface area contributed by atoms with Crippen molar-refractivity contribution in [2.24, 2.45) is 5.92 Å². The molecule has 3 heterocycles. The summed E-state index contributed by atoms with van der Waals surface area (Å²) in [6.07, 6.45) is 1.57. The smallest absolute Gasteiger partial charge is 0.321 e. The van der Waals surface area contributed by atoms with Gasteiger partial charge in [-0.2, -0.15) is 0 Å². The summed E-state index contributed by atoms with van der Waals surface area (Å²) in [7, 11) is -2.20. The first-order valence-corrected chi connectivity index (χ1v) is 18.0. The largest absolute Gasteiger partial charge is 0.490 e. The van der Waals surface area contributed by atoms with E-state index in [-0.39, 0.29) is 53.2 Å². The molecule has 4 atom stereocenters. The summed E-state index contributed by atoms with van der Waals surface area (Å²) in [4.78, 5) is 30.5. The van der Waals surface area contributed by atoms with Crippen molar-refractivity contribution in [2.75, 3.05) is 43.4 Å². The van der Waals surface area contributed by atoms with E-state index in [1.165, 1.54) is 17.0 Å². The third kappa shape index (κ3) is 9.24. The summed E-state index contributed by atoms with van der Waals surface area (Å²) in [5, 5.41) is 18.6. The van der Waals surface area contributed by atoms with Crippen LogP contribution in [0.1, 0.15) is 61.8 Å². The Morgan fingerprint density at radius 1 is 1.23 bits per heavy atom. The van der Waals surface area contributed by atoms with Crippen molar-refractivity contribution in [3.8, 4) is 5.75 Å². The predicted octanol–water partition coefficient (Wildman–Crippen LogP) is 5.11. The lowest BCUT2D eigenvalue weighted by Gasteiger charge is -2.35. The highest BCUT2D eigenvalue weighted by atomic mass is 32.2. The molecule has 3 aromatic rings. The van der Waals surface area contributed by atoms with Gasteiger partial charge in [0.25, 0.3) is 15.9 Å². The van der Waals surface area contributed by atoms with E-state index in [0.29, 0.717) is 35.9 Å². The number of hydrogen-bond donors (Lipinski definition) is 3. The zero-order chi connectivity index (χ0) is 34.3. The number of amides is 3. The number of carbonyl (C=O) groups is 2. The SMILES string of the molecule is Cc1noc(C)c1NC(=O)N(C)C[C@@H]1OCCCC[C@@H](C)Oc2ccc(NS(=O)(=O)c3cccs3)cc2C(=O)N([C@H](C)CO)C[C@H]1C. The van der Waals surface area contributed by atoms with Gasteiger partial charge in [0, 0.05) is 38.3 Å². The molecule has 4 rings (SSSR count). The Morgan fingerprint density at radius 3 is 2.66 bits per heavy atom. The molecular formula is C32H45N5O8S2. The number of anilines is 2. The van der Waals surface area contributed by atoms with E-state index < -0.39 is 28.1 Å². The second-order valence-electron chi connectivity index (χ2n) is 12.1. The summed E-state index contributed by atoms with van der Waals surface area (Å²) in [6.45, 7) is 9.62. The Hall–Kier alpha value is -3.66. The van der Waals surface area contributed by atoms with Crippen molar-refractivity contribution in [1.82, 2.24) is 15.0 Å². The summed E-state index contributed by atoms with van der Waals surface area (Å²) >= 11 is 1.09. The number of benzene rings is 1. The number of fused-ring (bicyclic) bond motifs is 1. The molecule has 3 N–H and O–H groups in total. The number of aryl methyl sites for hydroxylation is 2. The molecule has 0 unspecified atom stereocenters. The average molecular weight is 692 g/mol. The van der Waals surface area contributed by atoms with Crippen molar-refractivity contribution in [2.45, 2.75) is 76.3 Å². The summed E-state index contributed by atoms with van der Waals surface area (Å²) in [5.41, 5.74) is 1.46. The van der Waals surface area contributed by atoms with E-state index in [1.54, 1.807) is 56.3 Å². The van der Waals surface area contributed by atoms with Crippen LogP contribution >= 0.6 is 11.3 Å². The van der Waals surface area contributed by atoms with Crippen LogP contribution in [0.25, 0.3) is 0 Å². The number of nitrogens with one attached hydrogen (secondary N) is 2. The van der Waals surface area contributed by atoms with Gasteiger partial charge in [-0.15, -0.1) is 11.3 Å². The lowest BCUT2D eigenvalue weighted by molar-refractivity contribution is -0.0115. The first kappa shape index (κ1) is 36.2. The molecule has 258 valence electrons. The number of carbonyl (C=O) groups excluding carboxylic acids is 2. The molecule has 15 heteroatoms. The number of aliphatic hydroxyl groups is 1. The average Bonchev–Trinajstić information content (AvgIpc) is 3.69. The maximum absolute atomic E-state index is 14.3. The van der Waals surface area contributed by atoms with Gasteiger partial charge in [0.2, 0.25) is 0 Å². The highest BCUT2D eigenvalue weighted by molar-refractivity contribution is 7.94. The van der Waals surface area contributed by atoms with Gasteiger partial charge in [0.15, 0.2) is 5.76 Å². The monoisotopic (exact) mass is 691 g/mol. The standard InChI is InChI=1S/C32H45N5O8S2/c1-20-17-37(21(2)19-38)31(39)26-16-25(35-47(41,42)29-11-9-15-46-29)12-13-27(26)44-22(3)10-7-8-14-43-28(20)18-36(6)32(40)33-30-23(4)34-45-24(30)5/h9,11-13,15-16,20-22,28,35,38H,7-8,10,14,17-19H2,1-6H3,(H,33,40)/t20-,21-,22-,28+/m1/s1. The number of ether oxygens (including phenoxy) is 2. The molecule has 0 saturated carbocycles. The van der Waals surface area contributed by atoms with Gasteiger partial charge < -0.3 is 34.2 Å². The number of nitrogens with zero attached hydrogens (tertiary/aromatic N) is 3. The number of hydrogen-bond acceptors (Lipinski definition) is 10. The van der Waals surface area contributed by atoms with Gasteiger partial charge >= 0.3 is 6.03 Å². The third-order valence-corrected chi connectivity index (χ3v) is 10.9. The lowest BCUT2D eigenvalue weighted by atomic mass is 10.0. The lowest BCUT2D eigenvalue weighted by Crippen LogP contribution is -2.48. The predicted molar refractivity (Wildman–Crippen MR) is 180 cm³/mol. The van der Waals surface area contributed by atoms with Crippen LogP contribution in [-0.4, -0.2) is 92.0 Å². The van der Waals surface area contributed by atoms with Crippen molar-refractivity contribution < 1.29 is 37.1 Å². The fourth-order valence-corrected chi connectivity index (χ4v) is 7.33. The Balaban J connectivity index is 1.62. The van der Waals surface area contributed by atoms with Crippen LogP contribution in [0.3, 0.4) is 0 Å². The number of aliphatic hydroxyl groups excluding tert-OH is 1. The minimum Gasteiger partial charge on any atom is -0.490 e. The van der Waals surface area contributed by atoms with Gasteiger partial charge in [0.1, 0.15) is 21.3 Å². The third-order valence-electron chi connectivity index (χ3n) is 8.13. The first-order valence-electron chi connectivity index (χ1n) is 15.7. The molecule has 1 aliphatic rings. The molecule has 47 heavy (non-hydrogen) atoms. The number of thiophene rings is 1. The molecule has 0 spiro atoms. The molecule has 13 nitrogen and oxygen atoms in total. The van der Waals surface area contributed by atoms with E-state index >= 15 is 0 Å². The minimum absolute atomic E-state index is 0.148. The quantitative estimate of drug-likeness (QED) is 0.291. The van der Waals surface area contributed by atoms with Gasteiger partial charge in [0.05, 0.1) is 30.4 Å². The number of likely N-dealkylation sites (N-methyl/N-ethyl adjacent to an activating group) is 1. The van der Waals surface area contributed by atoms with Crippen molar-refractivity contribution >= 4 is 44.7 Å². The Labute approximate surface area is 280 Å². The fraction of sp³-hybridized carbons (Fsp3) is 0.531. The highest BCUT2D eigenvalue weighted by Gasteiger charge is 2.31. The second kappa shape index (κ2) is 16.0. The molecule has 0 radical (unpaired) electrons. The number of sulfonamides is 1. The van der Waals surface area contributed by atoms with Crippen LogP contribution in [-0.2, 0) is 14.8 Å². The van der Waals surface area contributed by atoms with Gasteiger partial charge in [-0.3, -0.25) is 9.52 Å². The molecule has 2 aromatic heterocycles. The van der Waals surface area contributed by atoms with Gasteiger partial charge in [-0.1, -0.05) is 18.1 Å². The van der Waals surface area contributed by atoms with Crippen LogP contribution in [0.5, 0.6) is 5.75 Å². The summed E-state index contributed by atoms with van der Waals surface area (Å²) in [5.74, 6) is 0.122. The Bertz CT molecular complexity index is 1590. The zero-order valence-electron chi connectivity index (χ0n) is 27.7. The Kier molecular flexibility index (Phi) is 12.3. The number of rotatable bonds is 8. The van der Waals surface area contributed by atoms with E-state index in [2.05, 4.69) is 15.2 Å². The van der Waals surface area contributed by atoms with Gasteiger partial charge in [-0.05, 0) is 76.6 Å². The van der Waals surface area contributed by atoms with Crippen LogP contribution in [0, 0.1) is 19.8 Å². The van der Waals surface area contributed by atoms with Crippen molar-refractivity contribution in [3.05, 3.63) is 52.7 Å². The summed E-state index contributed by atoms with van der Waals surface area (Å²) < 4.78 is 46.4. The maximum atomic E-state index is 14.3. The molecule has 0 bridgehead atoms. The second-order valence-corrected chi connectivity index (χ2v) is 14.9. The van der Waals surface area contributed by atoms with Crippen LogP contribution in [0.15, 0.2) is 44.4 Å². The Morgan fingerprint density at radius 2 is 2.00 bits per heavy atom. The van der Waals surface area contributed by atoms with Crippen LogP contribution in [0.2, 0.25) is 0 Å². The molecule has 0 fully saturated rings. The van der Waals surface area contributed by atoms with Crippen LogP contribution in [0.4, 0.5) is 16.2 Å². The molecule has 3 amide bonds. The fourth-order valence-electron chi connectivity index (χ4n) is 5.29. The molecule has 0 saturated heterocycles. The van der Waals surface area contributed by atoms with Crippen molar-refractivity contribution in [3.63, 3.8) is 0 Å². The van der Waals surface area contributed by atoms with Crippen molar-refractivity contribution in [1.29, 1.82) is 0 Å². The van der Waals surface area contributed by atoms with E-state index in [1.807, 2.05) is 13.8 Å². The topological polar surface area (TPSA) is 164 Å². The molecule has 0 aliphatic carbocycles. The number of urea groups is 1. The van der Waals surface area contributed by atoms with E-state index in [0.717, 1.165) is 24.2 Å². The molecule has 1 aromatic carbocycles. The molecule has 1 aliphatic heterocycles. The maximum Gasteiger partial charge on any atom is 0.321 e. The first-order chi connectivity index (χ1) is 22.3. The van der Waals surface area contributed by atoms with Crippen LogP contribution < -0.4 is 14.8 Å². The number of aromatic nitrogens is 1.